The zero-order valence-electron chi connectivity index (χ0n) is 9.63. The molecule has 2 rings (SSSR count). The lowest BCUT2D eigenvalue weighted by molar-refractivity contribution is -0.136. The van der Waals surface area contributed by atoms with Crippen LogP contribution >= 0.6 is 11.6 Å². The largest absolute Gasteiger partial charge is 0.418 e. The zero-order valence-corrected chi connectivity index (χ0v) is 10.4. The van der Waals surface area contributed by atoms with E-state index >= 15 is 0 Å². The highest BCUT2D eigenvalue weighted by molar-refractivity contribution is 6.31. The smallest absolute Gasteiger partial charge is 0.397 e. The number of anilines is 3. The molecular formula is C13H10ClF3N2. The topological polar surface area (TPSA) is 38.0 Å². The molecule has 0 aliphatic rings. The maximum atomic E-state index is 12.8. The lowest BCUT2D eigenvalue weighted by Gasteiger charge is -2.15. The van der Waals surface area contributed by atoms with Crippen molar-refractivity contribution in [2.75, 3.05) is 11.1 Å². The Hall–Kier alpha value is -1.88. The molecule has 2 nitrogen and oxygen atoms in total. The van der Waals surface area contributed by atoms with Gasteiger partial charge in [-0.15, -0.1) is 0 Å². The lowest BCUT2D eigenvalue weighted by Crippen LogP contribution is -2.09. The van der Waals surface area contributed by atoms with E-state index in [1.54, 1.807) is 6.07 Å². The average Bonchev–Trinajstić information content (AvgIpc) is 2.32. The van der Waals surface area contributed by atoms with Crippen LogP contribution in [0.1, 0.15) is 5.56 Å². The molecule has 2 aromatic carbocycles. The van der Waals surface area contributed by atoms with E-state index in [4.69, 9.17) is 17.3 Å². The number of nitrogens with one attached hydrogen (secondary N) is 1. The molecule has 0 amide bonds. The van der Waals surface area contributed by atoms with Crippen LogP contribution in [0.2, 0.25) is 5.02 Å². The number of para-hydroxylation sites is 1. The standard InChI is InChI=1S/C13H10ClF3N2/c14-8-5-6-12(10(18)7-8)19-11-4-2-1-3-9(11)13(15,16)17/h1-7,19H,18H2. The number of hydrogen-bond donors (Lipinski definition) is 2. The van der Waals surface area contributed by atoms with Gasteiger partial charge in [-0.05, 0) is 30.3 Å². The van der Waals surface area contributed by atoms with Gasteiger partial charge >= 0.3 is 6.18 Å². The van der Waals surface area contributed by atoms with Crippen LogP contribution in [0.3, 0.4) is 0 Å². The third-order valence-electron chi connectivity index (χ3n) is 2.52. The molecule has 0 heterocycles. The Morgan fingerprint density at radius 3 is 2.32 bits per heavy atom. The Kier molecular flexibility index (Phi) is 3.57. The van der Waals surface area contributed by atoms with Crippen molar-refractivity contribution in [1.82, 2.24) is 0 Å². The summed E-state index contributed by atoms with van der Waals surface area (Å²) in [6, 6.07) is 9.76. The second-order valence-corrected chi connectivity index (χ2v) is 4.34. The van der Waals surface area contributed by atoms with Crippen LogP contribution in [0.4, 0.5) is 30.2 Å². The molecule has 0 radical (unpaired) electrons. The van der Waals surface area contributed by atoms with Crippen LogP contribution in [0.25, 0.3) is 0 Å². The summed E-state index contributed by atoms with van der Waals surface area (Å²) in [5, 5.41) is 3.09. The van der Waals surface area contributed by atoms with Crippen molar-refractivity contribution >= 4 is 28.7 Å². The molecule has 0 saturated carbocycles. The number of benzene rings is 2. The minimum atomic E-state index is -4.43. The number of hydrogen-bond acceptors (Lipinski definition) is 2. The van der Waals surface area contributed by atoms with Gasteiger partial charge < -0.3 is 11.1 Å². The van der Waals surface area contributed by atoms with E-state index in [1.807, 2.05) is 0 Å². The molecule has 0 aromatic heterocycles. The Labute approximate surface area is 113 Å². The summed E-state index contributed by atoms with van der Waals surface area (Å²) >= 11 is 5.74. The first kappa shape index (κ1) is 13.5. The molecule has 3 N–H and O–H groups in total. The minimum Gasteiger partial charge on any atom is -0.397 e. The summed E-state index contributed by atoms with van der Waals surface area (Å²) in [4.78, 5) is 0. The van der Waals surface area contributed by atoms with Crippen molar-refractivity contribution in [3.63, 3.8) is 0 Å². The van der Waals surface area contributed by atoms with Gasteiger partial charge in [-0.3, -0.25) is 0 Å². The molecule has 0 saturated heterocycles. The van der Waals surface area contributed by atoms with Crippen molar-refractivity contribution in [3.8, 4) is 0 Å². The third-order valence-corrected chi connectivity index (χ3v) is 2.75. The van der Waals surface area contributed by atoms with Crippen LogP contribution < -0.4 is 11.1 Å². The molecule has 19 heavy (non-hydrogen) atoms. The maximum Gasteiger partial charge on any atom is 0.418 e. The summed E-state index contributed by atoms with van der Waals surface area (Å²) in [5.74, 6) is 0. The molecule has 0 fully saturated rings. The zero-order chi connectivity index (χ0) is 14.0. The molecule has 0 atom stereocenters. The average molecular weight is 287 g/mol. The summed E-state index contributed by atoms with van der Waals surface area (Å²) in [6.07, 6.45) is -4.43. The van der Waals surface area contributed by atoms with E-state index in [-0.39, 0.29) is 11.4 Å². The second-order valence-electron chi connectivity index (χ2n) is 3.90. The fraction of sp³-hybridized carbons (Fsp3) is 0.0769. The van der Waals surface area contributed by atoms with Crippen LogP contribution in [0, 0.1) is 0 Å². The van der Waals surface area contributed by atoms with Crippen molar-refractivity contribution in [2.24, 2.45) is 0 Å². The van der Waals surface area contributed by atoms with Gasteiger partial charge in [0.25, 0.3) is 0 Å². The first-order valence-corrected chi connectivity index (χ1v) is 5.74. The van der Waals surface area contributed by atoms with Crippen LogP contribution in [-0.4, -0.2) is 0 Å². The Balaban J connectivity index is 2.39. The van der Waals surface area contributed by atoms with Gasteiger partial charge in [-0.25, -0.2) is 0 Å². The molecule has 0 aliphatic heterocycles. The number of nitrogen functional groups attached to an aromatic ring is 1. The minimum absolute atomic E-state index is 0.0518. The predicted molar refractivity (Wildman–Crippen MR) is 70.6 cm³/mol. The first-order valence-electron chi connectivity index (χ1n) is 5.36. The van der Waals surface area contributed by atoms with Gasteiger partial charge in [-0.1, -0.05) is 23.7 Å². The molecule has 2 aromatic rings. The number of nitrogens with two attached hydrogens (primary N) is 1. The fourth-order valence-electron chi connectivity index (χ4n) is 1.63. The van der Waals surface area contributed by atoms with Gasteiger partial charge in [0.1, 0.15) is 0 Å². The quantitative estimate of drug-likeness (QED) is 0.786. The highest BCUT2D eigenvalue weighted by Crippen LogP contribution is 2.36. The first-order chi connectivity index (χ1) is 8.88. The summed E-state index contributed by atoms with van der Waals surface area (Å²) in [6.45, 7) is 0. The van der Waals surface area contributed by atoms with E-state index in [2.05, 4.69) is 5.32 Å². The SMILES string of the molecule is Nc1cc(Cl)ccc1Nc1ccccc1C(F)(F)F. The highest BCUT2D eigenvalue weighted by atomic mass is 35.5. The van der Waals surface area contributed by atoms with Crippen molar-refractivity contribution in [2.45, 2.75) is 6.18 Å². The van der Waals surface area contributed by atoms with Crippen molar-refractivity contribution < 1.29 is 13.2 Å². The van der Waals surface area contributed by atoms with Gasteiger partial charge in [0, 0.05) is 5.02 Å². The van der Waals surface area contributed by atoms with E-state index < -0.39 is 11.7 Å². The van der Waals surface area contributed by atoms with Crippen LogP contribution in [0.15, 0.2) is 42.5 Å². The van der Waals surface area contributed by atoms with E-state index in [9.17, 15) is 13.2 Å². The summed E-state index contributed by atoms with van der Waals surface area (Å²) < 4.78 is 38.5. The molecule has 0 bridgehead atoms. The number of halogens is 4. The Bertz CT molecular complexity index is 597. The molecule has 0 aliphatic carbocycles. The van der Waals surface area contributed by atoms with Crippen LogP contribution in [0.5, 0.6) is 0 Å². The normalized spacial score (nSPS) is 11.4. The fourth-order valence-corrected chi connectivity index (χ4v) is 1.81. The van der Waals surface area contributed by atoms with E-state index in [0.717, 1.165) is 6.07 Å². The number of rotatable bonds is 2. The molecule has 100 valence electrons. The summed E-state index contributed by atoms with van der Waals surface area (Å²) in [7, 11) is 0. The number of alkyl halides is 3. The highest BCUT2D eigenvalue weighted by Gasteiger charge is 2.33. The Morgan fingerprint density at radius 2 is 1.68 bits per heavy atom. The molecule has 0 unspecified atom stereocenters. The lowest BCUT2D eigenvalue weighted by atomic mass is 10.1. The second kappa shape index (κ2) is 5.01. The van der Waals surface area contributed by atoms with E-state index in [0.29, 0.717) is 10.7 Å². The predicted octanol–water partition coefficient (Wildman–Crippen LogP) is 4.68. The maximum absolute atomic E-state index is 12.8. The van der Waals surface area contributed by atoms with Crippen molar-refractivity contribution in [1.29, 1.82) is 0 Å². The van der Waals surface area contributed by atoms with E-state index in [1.165, 1.54) is 30.3 Å². The Morgan fingerprint density at radius 1 is 1.00 bits per heavy atom. The van der Waals surface area contributed by atoms with Gasteiger partial charge in [0.05, 0.1) is 22.6 Å². The van der Waals surface area contributed by atoms with Crippen molar-refractivity contribution in [3.05, 3.63) is 53.1 Å². The van der Waals surface area contributed by atoms with Gasteiger partial charge in [0.2, 0.25) is 0 Å². The monoisotopic (exact) mass is 286 g/mol. The molecule has 6 heteroatoms. The van der Waals surface area contributed by atoms with Gasteiger partial charge in [0.15, 0.2) is 0 Å². The van der Waals surface area contributed by atoms with Gasteiger partial charge in [-0.2, -0.15) is 13.2 Å². The molecular weight excluding hydrogens is 277 g/mol. The third kappa shape index (κ3) is 3.12. The summed E-state index contributed by atoms with van der Waals surface area (Å²) in [5.41, 5.74) is 5.56. The molecule has 0 spiro atoms. The van der Waals surface area contributed by atoms with Crippen LogP contribution in [-0.2, 0) is 6.18 Å².